The Kier molecular flexibility index (Phi) is 3.94. The van der Waals surface area contributed by atoms with Crippen LogP contribution in [-0.2, 0) is 4.74 Å². The molecule has 0 heterocycles. The summed E-state index contributed by atoms with van der Waals surface area (Å²) >= 11 is 0. The zero-order valence-corrected chi connectivity index (χ0v) is 10.4. The van der Waals surface area contributed by atoms with Gasteiger partial charge in [0, 0.05) is 6.61 Å². The highest BCUT2D eigenvalue weighted by atomic mass is 16.5. The SMILES string of the molecule is CCOC(C)c1ccccc1-c1ccccc1. The van der Waals surface area contributed by atoms with E-state index >= 15 is 0 Å². The fourth-order valence-corrected chi connectivity index (χ4v) is 2.07. The third kappa shape index (κ3) is 2.75. The van der Waals surface area contributed by atoms with E-state index in [1.165, 1.54) is 16.7 Å². The van der Waals surface area contributed by atoms with Gasteiger partial charge in [0.05, 0.1) is 6.10 Å². The van der Waals surface area contributed by atoms with Gasteiger partial charge < -0.3 is 4.74 Å². The molecule has 0 amide bonds. The van der Waals surface area contributed by atoms with Crippen LogP contribution in [0.5, 0.6) is 0 Å². The Morgan fingerprint density at radius 1 is 0.941 bits per heavy atom. The van der Waals surface area contributed by atoms with Crippen LogP contribution in [0.2, 0.25) is 0 Å². The quantitative estimate of drug-likeness (QED) is 0.748. The van der Waals surface area contributed by atoms with Gasteiger partial charge in [0.1, 0.15) is 0 Å². The van der Waals surface area contributed by atoms with E-state index in [-0.39, 0.29) is 6.10 Å². The van der Waals surface area contributed by atoms with Gasteiger partial charge in [-0.05, 0) is 30.5 Å². The van der Waals surface area contributed by atoms with E-state index in [2.05, 4.69) is 55.5 Å². The van der Waals surface area contributed by atoms with E-state index in [9.17, 15) is 0 Å². The van der Waals surface area contributed by atoms with Crippen molar-refractivity contribution in [2.45, 2.75) is 20.0 Å². The highest BCUT2D eigenvalue weighted by Crippen LogP contribution is 2.29. The van der Waals surface area contributed by atoms with E-state index in [0.29, 0.717) is 0 Å². The van der Waals surface area contributed by atoms with Crippen LogP contribution in [0.15, 0.2) is 54.6 Å². The first-order valence-electron chi connectivity index (χ1n) is 6.09. The lowest BCUT2D eigenvalue weighted by molar-refractivity contribution is 0.0768. The van der Waals surface area contributed by atoms with Crippen LogP contribution in [0.1, 0.15) is 25.5 Å². The first kappa shape index (κ1) is 11.9. The fraction of sp³-hybridized carbons (Fsp3) is 0.250. The largest absolute Gasteiger partial charge is 0.374 e. The number of hydrogen-bond acceptors (Lipinski definition) is 1. The summed E-state index contributed by atoms with van der Waals surface area (Å²) in [6, 6.07) is 18.9. The van der Waals surface area contributed by atoms with E-state index in [1.54, 1.807) is 0 Å². The molecule has 0 spiro atoms. The van der Waals surface area contributed by atoms with Crippen molar-refractivity contribution in [1.29, 1.82) is 0 Å². The maximum Gasteiger partial charge on any atom is 0.0802 e. The monoisotopic (exact) mass is 226 g/mol. The minimum atomic E-state index is 0.136. The van der Waals surface area contributed by atoms with Gasteiger partial charge in [0.2, 0.25) is 0 Å². The Labute approximate surface area is 103 Å². The summed E-state index contributed by atoms with van der Waals surface area (Å²) in [7, 11) is 0. The molecule has 0 saturated heterocycles. The Balaban J connectivity index is 2.41. The van der Waals surface area contributed by atoms with Gasteiger partial charge in [0.25, 0.3) is 0 Å². The molecule has 0 aliphatic heterocycles. The van der Waals surface area contributed by atoms with Gasteiger partial charge >= 0.3 is 0 Å². The molecule has 88 valence electrons. The summed E-state index contributed by atoms with van der Waals surface area (Å²) in [5.41, 5.74) is 3.75. The minimum absolute atomic E-state index is 0.136. The average molecular weight is 226 g/mol. The number of ether oxygens (including phenoxy) is 1. The molecule has 0 aliphatic rings. The topological polar surface area (TPSA) is 9.23 Å². The second kappa shape index (κ2) is 5.65. The molecule has 1 atom stereocenters. The molecule has 0 bridgehead atoms. The molecule has 0 aromatic heterocycles. The molecule has 0 fully saturated rings. The first-order valence-corrected chi connectivity index (χ1v) is 6.09. The lowest BCUT2D eigenvalue weighted by Gasteiger charge is -2.16. The Morgan fingerprint density at radius 2 is 1.59 bits per heavy atom. The van der Waals surface area contributed by atoms with Crippen LogP contribution in [0, 0.1) is 0 Å². The van der Waals surface area contributed by atoms with Crippen molar-refractivity contribution in [3.05, 3.63) is 60.2 Å². The lowest BCUT2D eigenvalue weighted by Crippen LogP contribution is -2.01. The average Bonchev–Trinajstić information content (AvgIpc) is 2.40. The molecule has 1 heteroatoms. The van der Waals surface area contributed by atoms with Crippen LogP contribution in [0.4, 0.5) is 0 Å². The standard InChI is InChI=1S/C16H18O/c1-3-17-13(2)15-11-7-8-12-16(15)14-9-5-4-6-10-14/h4-13H,3H2,1-2H3. The van der Waals surface area contributed by atoms with E-state index < -0.39 is 0 Å². The van der Waals surface area contributed by atoms with Crippen molar-refractivity contribution in [2.24, 2.45) is 0 Å². The van der Waals surface area contributed by atoms with Crippen LogP contribution in [-0.4, -0.2) is 6.61 Å². The molecular weight excluding hydrogens is 208 g/mol. The maximum absolute atomic E-state index is 5.69. The van der Waals surface area contributed by atoms with Gasteiger partial charge in [-0.3, -0.25) is 0 Å². The summed E-state index contributed by atoms with van der Waals surface area (Å²) in [6.45, 7) is 4.87. The molecule has 0 aliphatic carbocycles. The summed E-state index contributed by atoms with van der Waals surface area (Å²) in [4.78, 5) is 0. The predicted octanol–water partition coefficient (Wildman–Crippen LogP) is 4.45. The Hall–Kier alpha value is -1.60. The van der Waals surface area contributed by atoms with Gasteiger partial charge in [-0.2, -0.15) is 0 Å². The predicted molar refractivity (Wildman–Crippen MR) is 71.9 cm³/mol. The normalized spacial score (nSPS) is 12.4. The van der Waals surface area contributed by atoms with Crippen LogP contribution in [0.3, 0.4) is 0 Å². The van der Waals surface area contributed by atoms with E-state index in [0.717, 1.165) is 6.61 Å². The molecule has 0 radical (unpaired) electrons. The molecule has 17 heavy (non-hydrogen) atoms. The van der Waals surface area contributed by atoms with Gasteiger partial charge in [-0.1, -0.05) is 54.6 Å². The molecular formula is C16H18O. The fourth-order valence-electron chi connectivity index (χ4n) is 2.07. The summed E-state index contributed by atoms with van der Waals surface area (Å²) in [5, 5.41) is 0. The summed E-state index contributed by atoms with van der Waals surface area (Å²) < 4.78 is 5.69. The van der Waals surface area contributed by atoms with Crippen molar-refractivity contribution >= 4 is 0 Å². The Bertz CT molecular complexity index is 462. The van der Waals surface area contributed by atoms with Crippen molar-refractivity contribution < 1.29 is 4.74 Å². The molecule has 1 unspecified atom stereocenters. The summed E-state index contributed by atoms with van der Waals surface area (Å²) in [6.07, 6.45) is 0.136. The smallest absolute Gasteiger partial charge is 0.0802 e. The third-order valence-electron chi connectivity index (χ3n) is 2.90. The van der Waals surface area contributed by atoms with Crippen molar-refractivity contribution in [1.82, 2.24) is 0 Å². The van der Waals surface area contributed by atoms with Crippen LogP contribution >= 0.6 is 0 Å². The minimum Gasteiger partial charge on any atom is -0.374 e. The van der Waals surface area contributed by atoms with E-state index in [1.807, 2.05) is 13.0 Å². The highest BCUT2D eigenvalue weighted by Gasteiger charge is 2.10. The molecule has 2 aromatic carbocycles. The molecule has 2 rings (SSSR count). The Morgan fingerprint density at radius 3 is 2.29 bits per heavy atom. The van der Waals surface area contributed by atoms with E-state index in [4.69, 9.17) is 4.74 Å². The van der Waals surface area contributed by atoms with Crippen LogP contribution in [0.25, 0.3) is 11.1 Å². The van der Waals surface area contributed by atoms with Crippen molar-refractivity contribution in [3.63, 3.8) is 0 Å². The zero-order chi connectivity index (χ0) is 12.1. The van der Waals surface area contributed by atoms with Crippen molar-refractivity contribution in [3.8, 4) is 11.1 Å². The lowest BCUT2D eigenvalue weighted by atomic mass is 9.97. The second-order valence-corrected chi connectivity index (χ2v) is 4.05. The molecule has 0 saturated carbocycles. The van der Waals surface area contributed by atoms with Crippen LogP contribution < -0.4 is 0 Å². The number of hydrogen-bond donors (Lipinski definition) is 0. The highest BCUT2D eigenvalue weighted by molar-refractivity contribution is 5.67. The molecule has 2 aromatic rings. The molecule has 1 nitrogen and oxygen atoms in total. The van der Waals surface area contributed by atoms with Gasteiger partial charge in [-0.25, -0.2) is 0 Å². The van der Waals surface area contributed by atoms with Gasteiger partial charge in [-0.15, -0.1) is 0 Å². The summed E-state index contributed by atoms with van der Waals surface area (Å²) in [5.74, 6) is 0. The van der Waals surface area contributed by atoms with Crippen molar-refractivity contribution in [2.75, 3.05) is 6.61 Å². The van der Waals surface area contributed by atoms with Gasteiger partial charge in [0.15, 0.2) is 0 Å². The first-order chi connectivity index (χ1) is 8.33. The maximum atomic E-state index is 5.69. The number of benzene rings is 2. The number of rotatable bonds is 4. The molecule has 0 N–H and O–H groups in total. The second-order valence-electron chi connectivity index (χ2n) is 4.05. The zero-order valence-electron chi connectivity index (χ0n) is 10.4. The third-order valence-corrected chi connectivity index (χ3v) is 2.90.